The van der Waals surface area contributed by atoms with E-state index in [4.69, 9.17) is 0 Å². The first-order valence-corrected chi connectivity index (χ1v) is 10.8. The molecule has 1 N–H and O–H groups in total. The van der Waals surface area contributed by atoms with Gasteiger partial charge in [0.05, 0.1) is 0 Å². The van der Waals surface area contributed by atoms with Gasteiger partial charge in [-0.25, -0.2) is 0 Å². The third-order valence-electron chi connectivity index (χ3n) is 5.79. The minimum atomic E-state index is 0.376. The molecule has 3 atom stereocenters. The molecule has 2 unspecified atom stereocenters. The predicted molar refractivity (Wildman–Crippen MR) is 120 cm³/mol. The van der Waals surface area contributed by atoms with Crippen LogP contribution in [0.3, 0.4) is 0 Å². The van der Waals surface area contributed by atoms with Crippen LogP contribution >= 0.6 is 22.6 Å². The van der Waals surface area contributed by atoms with Crippen LogP contribution in [-0.2, 0) is 0 Å². The van der Waals surface area contributed by atoms with E-state index in [9.17, 15) is 0 Å². The minimum Gasteiger partial charge on any atom is -0.307 e. The molecule has 0 bridgehead atoms. The molecule has 0 amide bonds. The van der Waals surface area contributed by atoms with Crippen molar-refractivity contribution in [2.24, 2.45) is 0 Å². The summed E-state index contributed by atoms with van der Waals surface area (Å²) in [4.78, 5) is 0. The van der Waals surface area contributed by atoms with Crippen molar-refractivity contribution in [2.75, 3.05) is 0 Å². The van der Waals surface area contributed by atoms with E-state index in [0.29, 0.717) is 18.0 Å². The van der Waals surface area contributed by atoms with Crippen molar-refractivity contribution in [3.8, 4) is 0 Å². The molecule has 134 valence electrons. The lowest BCUT2D eigenvalue weighted by Crippen LogP contribution is -2.35. The zero-order chi connectivity index (χ0) is 17.9. The molecule has 3 aromatic carbocycles. The summed E-state index contributed by atoms with van der Waals surface area (Å²) in [6, 6.07) is 25.5. The summed E-state index contributed by atoms with van der Waals surface area (Å²) in [6.07, 6.45) is 5.17. The lowest BCUT2D eigenvalue weighted by molar-refractivity contribution is 0.319. The summed E-state index contributed by atoms with van der Waals surface area (Å²) in [5.41, 5.74) is 2.93. The van der Waals surface area contributed by atoms with Crippen molar-refractivity contribution in [3.63, 3.8) is 0 Å². The first kappa shape index (κ1) is 18.0. The molecule has 0 aliphatic heterocycles. The molecule has 4 rings (SSSR count). The predicted octanol–water partition coefficient (Wildman–Crippen LogP) is 6.82. The average Bonchev–Trinajstić information content (AvgIpc) is 2.68. The van der Waals surface area contributed by atoms with Crippen LogP contribution in [0.1, 0.15) is 55.7 Å². The van der Waals surface area contributed by atoms with Crippen LogP contribution in [-0.4, -0.2) is 6.04 Å². The molecule has 1 aliphatic carbocycles. The normalized spacial score (nSPS) is 21.6. The summed E-state index contributed by atoms with van der Waals surface area (Å²) in [7, 11) is 0. The van der Waals surface area contributed by atoms with Crippen molar-refractivity contribution < 1.29 is 0 Å². The Morgan fingerprint density at radius 2 is 1.69 bits per heavy atom. The third kappa shape index (κ3) is 3.96. The number of hydrogen-bond acceptors (Lipinski definition) is 1. The Balaban J connectivity index is 1.48. The van der Waals surface area contributed by atoms with Gasteiger partial charge in [0.1, 0.15) is 0 Å². The first-order valence-electron chi connectivity index (χ1n) is 9.70. The molecule has 0 spiro atoms. The van der Waals surface area contributed by atoms with E-state index in [1.54, 1.807) is 0 Å². The van der Waals surface area contributed by atoms with Gasteiger partial charge in [-0.05, 0) is 88.7 Å². The van der Waals surface area contributed by atoms with Gasteiger partial charge in [0.15, 0.2) is 0 Å². The molecule has 1 aliphatic rings. The van der Waals surface area contributed by atoms with Crippen LogP contribution in [0.2, 0.25) is 0 Å². The number of rotatable bonds is 4. The molecule has 0 heterocycles. The molecule has 26 heavy (non-hydrogen) atoms. The molecule has 1 nitrogen and oxygen atoms in total. The molecule has 0 saturated heterocycles. The summed E-state index contributed by atoms with van der Waals surface area (Å²) < 4.78 is 1.32. The van der Waals surface area contributed by atoms with Gasteiger partial charge in [0.2, 0.25) is 0 Å². The lowest BCUT2D eigenvalue weighted by atomic mass is 9.81. The number of hydrogen-bond donors (Lipinski definition) is 1. The van der Waals surface area contributed by atoms with Crippen LogP contribution in [0, 0.1) is 3.57 Å². The zero-order valence-corrected chi connectivity index (χ0v) is 17.4. The van der Waals surface area contributed by atoms with E-state index in [1.807, 2.05) is 0 Å². The maximum Gasteiger partial charge on any atom is 0.0300 e. The summed E-state index contributed by atoms with van der Waals surface area (Å²) in [6.45, 7) is 2.32. The molecular formula is C24H26IN. The van der Waals surface area contributed by atoms with Crippen LogP contribution in [0.5, 0.6) is 0 Å². The average molecular weight is 455 g/mol. The van der Waals surface area contributed by atoms with Gasteiger partial charge in [-0.3, -0.25) is 0 Å². The molecule has 0 radical (unpaired) electrons. The van der Waals surface area contributed by atoms with Crippen molar-refractivity contribution in [2.45, 2.75) is 50.6 Å². The summed E-state index contributed by atoms with van der Waals surface area (Å²) in [5.74, 6) is 0.693. The molecule has 2 heteroatoms. The fraction of sp³-hybridized carbons (Fsp3) is 0.333. The van der Waals surface area contributed by atoms with Gasteiger partial charge in [0.25, 0.3) is 0 Å². The van der Waals surface area contributed by atoms with Crippen LogP contribution < -0.4 is 5.32 Å². The van der Waals surface area contributed by atoms with E-state index in [2.05, 4.69) is 102 Å². The van der Waals surface area contributed by atoms with Gasteiger partial charge in [-0.1, -0.05) is 61.0 Å². The van der Waals surface area contributed by atoms with Crippen LogP contribution in [0.25, 0.3) is 10.8 Å². The number of benzene rings is 3. The Morgan fingerprint density at radius 3 is 2.54 bits per heavy atom. The Labute approximate surface area is 170 Å². The van der Waals surface area contributed by atoms with E-state index < -0.39 is 0 Å². The Kier molecular flexibility index (Phi) is 5.60. The second-order valence-corrected chi connectivity index (χ2v) is 8.81. The SMILES string of the molecule is C[C@@H](NC1CCCC(c2ccc(I)cc2)C1)c1cccc2ccccc12. The van der Waals surface area contributed by atoms with Gasteiger partial charge in [-0.2, -0.15) is 0 Å². The van der Waals surface area contributed by atoms with Crippen molar-refractivity contribution in [1.82, 2.24) is 5.32 Å². The van der Waals surface area contributed by atoms with Gasteiger partial charge < -0.3 is 5.32 Å². The molecular weight excluding hydrogens is 429 g/mol. The number of halogens is 1. The van der Waals surface area contributed by atoms with Gasteiger partial charge in [-0.15, -0.1) is 0 Å². The van der Waals surface area contributed by atoms with E-state index in [1.165, 1.54) is 51.2 Å². The topological polar surface area (TPSA) is 12.0 Å². The summed E-state index contributed by atoms with van der Waals surface area (Å²) >= 11 is 2.39. The molecule has 1 fully saturated rings. The highest BCUT2D eigenvalue weighted by Crippen LogP contribution is 2.34. The lowest BCUT2D eigenvalue weighted by Gasteiger charge is -2.32. The summed E-state index contributed by atoms with van der Waals surface area (Å²) in [5, 5.41) is 6.64. The number of nitrogens with one attached hydrogen (secondary N) is 1. The van der Waals surface area contributed by atoms with Crippen LogP contribution in [0.4, 0.5) is 0 Å². The van der Waals surface area contributed by atoms with Crippen molar-refractivity contribution in [3.05, 3.63) is 81.4 Å². The third-order valence-corrected chi connectivity index (χ3v) is 6.51. The van der Waals surface area contributed by atoms with Crippen molar-refractivity contribution >= 4 is 33.4 Å². The van der Waals surface area contributed by atoms with E-state index in [0.717, 1.165) is 0 Å². The van der Waals surface area contributed by atoms with Crippen LogP contribution in [0.15, 0.2) is 66.7 Å². The monoisotopic (exact) mass is 455 g/mol. The Hall–Kier alpha value is -1.39. The Morgan fingerprint density at radius 1 is 0.923 bits per heavy atom. The van der Waals surface area contributed by atoms with Gasteiger partial charge in [0, 0.05) is 15.7 Å². The maximum atomic E-state index is 3.94. The largest absolute Gasteiger partial charge is 0.307 e. The van der Waals surface area contributed by atoms with E-state index >= 15 is 0 Å². The molecule has 3 aromatic rings. The van der Waals surface area contributed by atoms with Crippen molar-refractivity contribution in [1.29, 1.82) is 0 Å². The standard InChI is InChI=1S/C24H26IN/c1-17(23-11-5-7-19-6-2-3-10-24(19)23)26-22-9-4-8-20(16-22)18-12-14-21(25)15-13-18/h2-3,5-7,10-15,17,20,22,26H,4,8-9,16H2,1H3/t17-,20?,22?/m1/s1. The number of fused-ring (bicyclic) bond motifs is 1. The second kappa shape index (κ2) is 8.10. The molecule has 1 saturated carbocycles. The highest BCUT2D eigenvalue weighted by molar-refractivity contribution is 14.1. The fourth-order valence-electron chi connectivity index (χ4n) is 4.45. The Bertz CT molecular complexity index is 866. The smallest absolute Gasteiger partial charge is 0.0300 e. The molecule has 0 aromatic heterocycles. The quantitative estimate of drug-likeness (QED) is 0.426. The second-order valence-electron chi connectivity index (χ2n) is 7.57. The highest BCUT2D eigenvalue weighted by atomic mass is 127. The maximum absolute atomic E-state index is 3.94. The fourth-order valence-corrected chi connectivity index (χ4v) is 4.81. The minimum absolute atomic E-state index is 0.376. The first-order chi connectivity index (χ1) is 12.7. The highest BCUT2D eigenvalue weighted by Gasteiger charge is 2.24. The zero-order valence-electron chi connectivity index (χ0n) is 15.3. The van der Waals surface area contributed by atoms with E-state index in [-0.39, 0.29) is 0 Å². The van der Waals surface area contributed by atoms with Gasteiger partial charge >= 0.3 is 0 Å².